The van der Waals surface area contributed by atoms with E-state index in [1.165, 1.54) is 44.9 Å². The Morgan fingerprint density at radius 3 is 2.90 bits per heavy atom. The molecule has 21 heavy (non-hydrogen) atoms. The number of nitrogens with one attached hydrogen (secondary N) is 1. The topological polar surface area (TPSA) is 42.2 Å². The maximum absolute atomic E-state index is 4.31. The van der Waals surface area contributed by atoms with Crippen molar-refractivity contribution in [2.24, 2.45) is 11.8 Å². The molecular formula is C17H24N4. The van der Waals surface area contributed by atoms with Gasteiger partial charge >= 0.3 is 0 Å². The summed E-state index contributed by atoms with van der Waals surface area (Å²) in [6.07, 6.45) is 12.0. The van der Waals surface area contributed by atoms with Crippen molar-refractivity contribution >= 4 is 5.65 Å². The van der Waals surface area contributed by atoms with Crippen molar-refractivity contribution in [2.75, 3.05) is 0 Å². The zero-order chi connectivity index (χ0) is 14.1. The van der Waals surface area contributed by atoms with E-state index in [0.29, 0.717) is 6.04 Å². The van der Waals surface area contributed by atoms with Crippen LogP contribution in [0.15, 0.2) is 24.4 Å². The largest absolute Gasteiger partial charge is 0.307 e. The summed E-state index contributed by atoms with van der Waals surface area (Å²) < 4.78 is 2.08. The van der Waals surface area contributed by atoms with Crippen LogP contribution in [-0.4, -0.2) is 20.6 Å². The van der Waals surface area contributed by atoms with Crippen molar-refractivity contribution in [3.05, 3.63) is 30.2 Å². The van der Waals surface area contributed by atoms with E-state index in [-0.39, 0.29) is 0 Å². The minimum atomic E-state index is 0.667. The zero-order valence-corrected chi connectivity index (χ0v) is 12.5. The third-order valence-electron chi connectivity index (χ3n) is 5.47. The van der Waals surface area contributed by atoms with E-state index in [2.05, 4.69) is 19.9 Å². The van der Waals surface area contributed by atoms with Gasteiger partial charge in [0.05, 0.1) is 6.54 Å². The van der Waals surface area contributed by atoms with E-state index >= 15 is 0 Å². The third kappa shape index (κ3) is 2.69. The number of hydrogen-bond acceptors (Lipinski definition) is 3. The molecule has 2 aromatic heterocycles. The average molecular weight is 284 g/mol. The molecule has 2 aromatic rings. The first-order valence-electron chi connectivity index (χ1n) is 8.42. The first-order chi connectivity index (χ1) is 10.4. The van der Waals surface area contributed by atoms with E-state index in [1.54, 1.807) is 0 Å². The second-order valence-corrected chi connectivity index (χ2v) is 6.74. The van der Waals surface area contributed by atoms with Crippen LogP contribution in [0.25, 0.3) is 5.65 Å². The lowest BCUT2D eigenvalue weighted by atomic mass is 9.69. The lowest BCUT2D eigenvalue weighted by Gasteiger charge is -2.39. The van der Waals surface area contributed by atoms with Gasteiger partial charge in [0.1, 0.15) is 0 Å². The molecular weight excluding hydrogens is 260 g/mol. The normalized spacial score (nSPS) is 29.4. The van der Waals surface area contributed by atoms with Crippen LogP contribution in [0, 0.1) is 11.8 Å². The van der Waals surface area contributed by atoms with Crippen LogP contribution in [0.3, 0.4) is 0 Å². The van der Waals surface area contributed by atoms with Gasteiger partial charge in [-0.3, -0.25) is 4.40 Å². The van der Waals surface area contributed by atoms with Crippen LogP contribution in [-0.2, 0) is 6.54 Å². The summed E-state index contributed by atoms with van der Waals surface area (Å²) >= 11 is 0. The number of hydrogen-bond donors (Lipinski definition) is 1. The Hall–Kier alpha value is -1.42. The highest BCUT2D eigenvalue weighted by Crippen LogP contribution is 2.40. The lowest BCUT2D eigenvalue weighted by molar-refractivity contribution is 0.143. The summed E-state index contributed by atoms with van der Waals surface area (Å²) in [4.78, 5) is 0. The Morgan fingerprint density at radius 2 is 1.95 bits per heavy atom. The van der Waals surface area contributed by atoms with Crippen molar-refractivity contribution < 1.29 is 0 Å². The summed E-state index contributed by atoms with van der Waals surface area (Å²) in [7, 11) is 0. The summed E-state index contributed by atoms with van der Waals surface area (Å²) in [6, 6.07) is 6.71. The van der Waals surface area contributed by atoms with Gasteiger partial charge < -0.3 is 5.32 Å². The molecule has 2 saturated carbocycles. The number of pyridine rings is 1. The van der Waals surface area contributed by atoms with Crippen molar-refractivity contribution in [2.45, 2.75) is 57.5 Å². The van der Waals surface area contributed by atoms with Gasteiger partial charge in [-0.2, -0.15) is 0 Å². The molecule has 0 spiro atoms. The molecule has 0 radical (unpaired) electrons. The molecule has 0 bridgehead atoms. The minimum Gasteiger partial charge on any atom is -0.307 e. The summed E-state index contributed by atoms with van der Waals surface area (Å²) in [6.45, 7) is 0.827. The Labute approximate surface area is 126 Å². The fourth-order valence-electron chi connectivity index (χ4n) is 4.31. The van der Waals surface area contributed by atoms with Crippen LogP contribution < -0.4 is 5.32 Å². The van der Waals surface area contributed by atoms with Gasteiger partial charge in [0.2, 0.25) is 0 Å². The van der Waals surface area contributed by atoms with E-state index in [4.69, 9.17) is 0 Å². The number of fused-ring (bicyclic) bond motifs is 2. The van der Waals surface area contributed by atoms with Crippen LogP contribution in [0.4, 0.5) is 0 Å². The Kier molecular flexibility index (Phi) is 3.63. The smallest absolute Gasteiger partial charge is 0.160 e. The molecule has 112 valence electrons. The summed E-state index contributed by atoms with van der Waals surface area (Å²) in [5.41, 5.74) is 0.935. The molecule has 4 nitrogen and oxygen atoms in total. The molecule has 0 aliphatic heterocycles. The molecule has 1 N–H and O–H groups in total. The molecule has 0 aromatic carbocycles. The molecule has 0 saturated heterocycles. The third-order valence-corrected chi connectivity index (χ3v) is 5.47. The molecule has 2 aliphatic rings. The second-order valence-electron chi connectivity index (χ2n) is 6.74. The SMILES string of the molecule is c1ccn2c(CNC3CCC4CCCCC4C3)nnc2c1. The first kappa shape index (κ1) is 13.3. The van der Waals surface area contributed by atoms with Gasteiger partial charge in [0, 0.05) is 12.2 Å². The predicted molar refractivity (Wildman–Crippen MR) is 82.9 cm³/mol. The van der Waals surface area contributed by atoms with Crippen LogP contribution in [0.2, 0.25) is 0 Å². The van der Waals surface area contributed by atoms with Crippen molar-refractivity contribution in [3.8, 4) is 0 Å². The van der Waals surface area contributed by atoms with Crippen molar-refractivity contribution in [1.82, 2.24) is 19.9 Å². The maximum Gasteiger partial charge on any atom is 0.160 e. The molecule has 3 atom stereocenters. The Bertz CT molecular complexity index is 606. The monoisotopic (exact) mass is 284 g/mol. The molecule has 4 heteroatoms. The lowest BCUT2D eigenvalue weighted by Crippen LogP contribution is -2.38. The molecule has 0 amide bonds. The molecule has 4 rings (SSSR count). The van der Waals surface area contributed by atoms with E-state index < -0.39 is 0 Å². The Morgan fingerprint density at radius 1 is 1.05 bits per heavy atom. The van der Waals surface area contributed by atoms with Crippen molar-refractivity contribution in [1.29, 1.82) is 0 Å². The second kappa shape index (κ2) is 5.76. The predicted octanol–water partition coefficient (Wildman–Crippen LogP) is 3.18. The highest BCUT2D eigenvalue weighted by molar-refractivity contribution is 5.36. The molecule has 2 fully saturated rings. The molecule has 3 unspecified atom stereocenters. The summed E-state index contributed by atoms with van der Waals surface area (Å²) in [5.74, 6) is 3.02. The fourth-order valence-corrected chi connectivity index (χ4v) is 4.31. The minimum absolute atomic E-state index is 0.667. The van der Waals surface area contributed by atoms with Gasteiger partial charge in [-0.25, -0.2) is 0 Å². The fraction of sp³-hybridized carbons (Fsp3) is 0.647. The van der Waals surface area contributed by atoms with Gasteiger partial charge in [-0.15, -0.1) is 10.2 Å². The van der Waals surface area contributed by atoms with Crippen LogP contribution in [0.1, 0.15) is 50.8 Å². The highest BCUT2D eigenvalue weighted by atomic mass is 15.3. The van der Waals surface area contributed by atoms with Gasteiger partial charge in [-0.05, 0) is 43.2 Å². The Balaban J connectivity index is 1.38. The van der Waals surface area contributed by atoms with Crippen LogP contribution in [0.5, 0.6) is 0 Å². The van der Waals surface area contributed by atoms with Crippen molar-refractivity contribution in [3.63, 3.8) is 0 Å². The summed E-state index contributed by atoms with van der Waals surface area (Å²) in [5, 5.41) is 12.3. The van der Waals surface area contributed by atoms with Gasteiger partial charge in [0.25, 0.3) is 0 Å². The molecule has 2 aliphatic carbocycles. The van der Waals surface area contributed by atoms with E-state index in [1.807, 2.05) is 24.4 Å². The molecule has 2 heterocycles. The van der Waals surface area contributed by atoms with Gasteiger partial charge in [-0.1, -0.05) is 31.7 Å². The average Bonchev–Trinajstić information content (AvgIpc) is 2.96. The maximum atomic E-state index is 4.31. The first-order valence-corrected chi connectivity index (χ1v) is 8.42. The van der Waals surface area contributed by atoms with Crippen LogP contribution >= 0.6 is 0 Å². The quantitative estimate of drug-likeness (QED) is 0.941. The number of rotatable bonds is 3. The van der Waals surface area contributed by atoms with E-state index in [0.717, 1.165) is 29.9 Å². The number of nitrogens with zero attached hydrogens (tertiary/aromatic N) is 3. The standard InChI is InChI=1S/C17H24N4/c1-2-6-14-11-15(9-8-13(14)5-1)18-12-17-20-19-16-7-3-4-10-21(16)17/h3-4,7,10,13-15,18H,1-2,5-6,8-9,11-12H2. The van der Waals surface area contributed by atoms with E-state index in [9.17, 15) is 0 Å². The highest BCUT2D eigenvalue weighted by Gasteiger charge is 2.31. The zero-order valence-electron chi connectivity index (χ0n) is 12.5. The number of aromatic nitrogens is 3. The van der Waals surface area contributed by atoms with Gasteiger partial charge in [0.15, 0.2) is 11.5 Å².